The number of aromatic nitrogens is 2. The number of carbonyl (C=O) groups is 3. The lowest BCUT2D eigenvalue weighted by atomic mass is 9.95. The van der Waals surface area contributed by atoms with Gasteiger partial charge in [0, 0.05) is 74.1 Å². The maximum atomic E-state index is 13.2. The van der Waals surface area contributed by atoms with Gasteiger partial charge in [0.15, 0.2) is 0 Å². The van der Waals surface area contributed by atoms with E-state index in [1.54, 1.807) is 18.3 Å². The molecular formula is C31H37N7O4. The number of piperazine rings is 1. The predicted octanol–water partition coefficient (Wildman–Crippen LogP) is 1.90. The summed E-state index contributed by atoms with van der Waals surface area (Å²) in [5.74, 6) is -0.544. The summed E-state index contributed by atoms with van der Waals surface area (Å²) in [4.78, 5) is 55.7. The molecule has 0 spiro atoms. The van der Waals surface area contributed by atoms with Crippen LogP contribution in [0.25, 0.3) is 10.8 Å². The third-order valence-corrected chi connectivity index (χ3v) is 8.99. The first-order chi connectivity index (χ1) is 20.3. The normalized spacial score (nSPS) is 22.4. The first kappa shape index (κ1) is 27.9. The molecule has 3 N–H and O–H groups in total. The van der Waals surface area contributed by atoms with Gasteiger partial charge in [-0.2, -0.15) is 5.10 Å². The Kier molecular flexibility index (Phi) is 7.68. The number of primary amides is 1. The van der Waals surface area contributed by atoms with E-state index < -0.39 is 17.9 Å². The summed E-state index contributed by atoms with van der Waals surface area (Å²) in [5.41, 5.74) is 7.79. The monoisotopic (exact) mass is 571 g/mol. The Hall–Kier alpha value is -4.25. The zero-order valence-corrected chi connectivity index (χ0v) is 23.9. The zero-order valence-electron chi connectivity index (χ0n) is 23.9. The Morgan fingerprint density at radius 3 is 2.40 bits per heavy atom. The van der Waals surface area contributed by atoms with Crippen molar-refractivity contribution in [2.45, 2.75) is 44.7 Å². The maximum Gasteiger partial charge on any atom is 0.275 e. The molecule has 3 saturated heterocycles. The SMILES string of the molecule is C[C@@H]1CN(CC2CCN(c3ccc(C(N)=O)cc3)CC2)CCN1c1ccc2c(=O)n(C3CCC(=O)NC3=O)ncc2c1. The van der Waals surface area contributed by atoms with Crippen LogP contribution in [0.15, 0.2) is 53.5 Å². The van der Waals surface area contributed by atoms with E-state index in [1.165, 1.54) is 4.68 Å². The van der Waals surface area contributed by atoms with E-state index >= 15 is 0 Å². The molecule has 1 aromatic heterocycles. The average Bonchev–Trinajstić information content (AvgIpc) is 2.98. The minimum Gasteiger partial charge on any atom is -0.372 e. The molecule has 3 aliphatic heterocycles. The Bertz CT molecular complexity index is 1560. The van der Waals surface area contributed by atoms with Gasteiger partial charge in [0.05, 0.1) is 11.6 Å². The largest absolute Gasteiger partial charge is 0.372 e. The molecule has 2 atom stereocenters. The molecule has 42 heavy (non-hydrogen) atoms. The first-order valence-corrected chi connectivity index (χ1v) is 14.8. The Morgan fingerprint density at radius 1 is 0.976 bits per heavy atom. The number of piperidine rings is 2. The van der Waals surface area contributed by atoms with E-state index in [1.807, 2.05) is 30.3 Å². The van der Waals surface area contributed by atoms with Crippen molar-refractivity contribution in [3.05, 3.63) is 64.6 Å². The number of hydrogen-bond donors (Lipinski definition) is 2. The lowest BCUT2D eigenvalue weighted by Gasteiger charge is -2.43. The Morgan fingerprint density at radius 2 is 1.71 bits per heavy atom. The fraction of sp³-hybridized carbons (Fsp3) is 0.452. The summed E-state index contributed by atoms with van der Waals surface area (Å²) in [6.07, 6.45) is 4.39. The summed E-state index contributed by atoms with van der Waals surface area (Å²) in [7, 11) is 0. The van der Waals surface area contributed by atoms with Crippen LogP contribution in [0.3, 0.4) is 0 Å². The number of benzene rings is 2. The van der Waals surface area contributed by atoms with Gasteiger partial charge in [0.1, 0.15) is 6.04 Å². The van der Waals surface area contributed by atoms with Gasteiger partial charge < -0.3 is 15.5 Å². The minimum atomic E-state index is -0.769. The molecule has 220 valence electrons. The highest BCUT2D eigenvalue weighted by molar-refractivity contribution is 5.99. The van der Waals surface area contributed by atoms with E-state index in [0.29, 0.717) is 22.9 Å². The van der Waals surface area contributed by atoms with Gasteiger partial charge in [-0.25, -0.2) is 4.68 Å². The predicted molar refractivity (Wildman–Crippen MR) is 161 cm³/mol. The van der Waals surface area contributed by atoms with Crippen LogP contribution < -0.4 is 26.4 Å². The van der Waals surface area contributed by atoms with Crippen molar-refractivity contribution in [2.24, 2.45) is 11.7 Å². The van der Waals surface area contributed by atoms with Crippen molar-refractivity contribution in [1.29, 1.82) is 0 Å². The number of anilines is 2. The number of carbonyl (C=O) groups excluding carboxylic acids is 3. The lowest BCUT2D eigenvalue weighted by molar-refractivity contribution is -0.136. The van der Waals surface area contributed by atoms with Crippen LogP contribution >= 0.6 is 0 Å². The second kappa shape index (κ2) is 11.6. The molecule has 11 heteroatoms. The van der Waals surface area contributed by atoms with E-state index in [-0.39, 0.29) is 24.3 Å². The van der Waals surface area contributed by atoms with Crippen LogP contribution in [-0.4, -0.2) is 77.7 Å². The molecule has 3 fully saturated rings. The molecule has 2 aromatic carbocycles. The van der Waals surface area contributed by atoms with Crippen molar-refractivity contribution in [3.63, 3.8) is 0 Å². The smallest absolute Gasteiger partial charge is 0.275 e. The highest BCUT2D eigenvalue weighted by Gasteiger charge is 2.31. The molecule has 0 radical (unpaired) electrons. The fourth-order valence-corrected chi connectivity index (χ4v) is 6.63. The summed E-state index contributed by atoms with van der Waals surface area (Å²) in [5, 5.41) is 7.86. The third kappa shape index (κ3) is 5.61. The molecule has 6 rings (SSSR count). The first-order valence-electron chi connectivity index (χ1n) is 14.8. The third-order valence-electron chi connectivity index (χ3n) is 8.99. The molecule has 3 aliphatic rings. The van der Waals surface area contributed by atoms with E-state index in [2.05, 4.69) is 32.0 Å². The van der Waals surface area contributed by atoms with Crippen molar-refractivity contribution in [1.82, 2.24) is 20.0 Å². The number of fused-ring (bicyclic) bond motifs is 1. The molecule has 4 heterocycles. The van der Waals surface area contributed by atoms with Crippen molar-refractivity contribution >= 4 is 39.9 Å². The van der Waals surface area contributed by atoms with Crippen molar-refractivity contribution in [2.75, 3.05) is 49.1 Å². The van der Waals surface area contributed by atoms with Crippen LogP contribution in [0, 0.1) is 5.92 Å². The quantitative estimate of drug-likeness (QED) is 0.429. The molecule has 0 bridgehead atoms. The standard InChI is InChI=1S/C31H37N7O4/c1-20-18-35(19-21-10-12-36(13-11-21)24-4-2-22(3-5-24)29(32)40)14-15-37(20)25-6-7-26-23(16-25)17-33-38(31(26)42)27-8-9-28(39)34-30(27)41/h2-7,16-17,20-21,27H,8-15,18-19H2,1H3,(H2,32,40)(H,34,39,41)/t20-,27?/m1/s1. The molecule has 0 saturated carbocycles. The molecule has 3 aromatic rings. The van der Waals surface area contributed by atoms with Gasteiger partial charge in [0.2, 0.25) is 11.8 Å². The van der Waals surface area contributed by atoms with Gasteiger partial charge in [-0.05, 0) is 74.6 Å². The van der Waals surface area contributed by atoms with Crippen LogP contribution in [0.2, 0.25) is 0 Å². The van der Waals surface area contributed by atoms with E-state index in [0.717, 1.165) is 68.9 Å². The number of nitrogens with two attached hydrogens (primary N) is 1. The van der Waals surface area contributed by atoms with Crippen LogP contribution in [0.1, 0.15) is 49.0 Å². The Labute approximate surface area is 244 Å². The summed E-state index contributed by atoms with van der Waals surface area (Å²) in [6, 6.07) is 12.9. The van der Waals surface area contributed by atoms with Crippen molar-refractivity contribution in [3.8, 4) is 0 Å². The number of amides is 3. The van der Waals surface area contributed by atoms with E-state index in [9.17, 15) is 19.2 Å². The van der Waals surface area contributed by atoms with Crippen LogP contribution in [0.5, 0.6) is 0 Å². The summed E-state index contributed by atoms with van der Waals surface area (Å²) < 4.78 is 1.20. The number of nitrogens with one attached hydrogen (secondary N) is 1. The fourth-order valence-electron chi connectivity index (χ4n) is 6.63. The number of rotatable bonds is 6. The second-order valence-corrected chi connectivity index (χ2v) is 11.8. The average molecular weight is 572 g/mol. The molecule has 0 aliphatic carbocycles. The molecule has 3 amide bonds. The topological polar surface area (TPSA) is 134 Å². The van der Waals surface area contributed by atoms with Gasteiger partial charge in [0.25, 0.3) is 11.5 Å². The summed E-state index contributed by atoms with van der Waals surface area (Å²) in [6.45, 7) is 8.20. The molecule has 11 nitrogen and oxygen atoms in total. The maximum absolute atomic E-state index is 13.2. The van der Waals surface area contributed by atoms with Gasteiger partial charge in [-0.1, -0.05) is 0 Å². The highest BCUT2D eigenvalue weighted by Crippen LogP contribution is 2.28. The number of imide groups is 1. The molecular weight excluding hydrogens is 534 g/mol. The minimum absolute atomic E-state index is 0.193. The number of hydrogen-bond acceptors (Lipinski definition) is 8. The van der Waals surface area contributed by atoms with Gasteiger partial charge >= 0.3 is 0 Å². The van der Waals surface area contributed by atoms with Gasteiger partial charge in [-0.3, -0.25) is 29.4 Å². The van der Waals surface area contributed by atoms with Crippen LogP contribution in [-0.2, 0) is 9.59 Å². The molecule has 1 unspecified atom stereocenters. The van der Waals surface area contributed by atoms with E-state index in [4.69, 9.17) is 5.73 Å². The van der Waals surface area contributed by atoms with Crippen molar-refractivity contribution < 1.29 is 14.4 Å². The second-order valence-electron chi connectivity index (χ2n) is 11.8. The summed E-state index contributed by atoms with van der Waals surface area (Å²) >= 11 is 0. The highest BCUT2D eigenvalue weighted by atomic mass is 16.2. The van der Waals surface area contributed by atoms with Crippen LogP contribution in [0.4, 0.5) is 11.4 Å². The Balaban J connectivity index is 1.05. The van der Waals surface area contributed by atoms with Gasteiger partial charge in [-0.15, -0.1) is 0 Å². The number of nitrogens with zero attached hydrogens (tertiary/aromatic N) is 5. The lowest BCUT2D eigenvalue weighted by Crippen LogP contribution is -2.53. The zero-order chi connectivity index (χ0) is 29.4.